The molecule has 0 aliphatic rings. The topological polar surface area (TPSA) is 66.9 Å². The van der Waals surface area contributed by atoms with E-state index in [1.807, 2.05) is 26.0 Å². The average molecular weight is 350 g/mol. The van der Waals surface area contributed by atoms with Gasteiger partial charge in [0.05, 0.1) is 6.42 Å². The fourth-order valence-corrected chi connectivity index (χ4v) is 2.56. The number of rotatable bonds is 5. The van der Waals surface area contributed by atoms with E-state index in [2.05, 4.69) is 26.9 Å². The number of nitrogens with one attached hydrogen (secondary N) is 2. The molecule has 3 aromatic rings. The van der Waals surface area contributed by atoms with Gasteiger partial charge in [0.2, 0.25) is 5.91 Å². The van der Waals surface area contributed by atoms with Gasteiger partial charge in [0.1, 0.15) is 5.82 Å². The Hall–Kier alpha value is -3.28. The molecular weight excluding hydrogens is 331 g/mol. The molecule has 2 aromatic carbocycles. The number of aromatic nitrogens is 2. The van der Waals surface area contributed by atoms with Crippen molar-refractivity contribution in [1.82, 2.24) is 10.2 Å². The minimum atomic E-state index is -0.401. The van der Waals surface area contributed by atoms with E-state index in [1.165, 1.54) is 11.6 Å². The number of amides is 1. The van der Waals surface area contributed by atoms with E-state index < -0.39 is 5.82 Å². The van der Waals surface area contributed by atoms with Crippen LogP contribution >= 0.6 is 0 Å². The number of benzene rings is 2. The monoisotopic (exact) mass is 350 g/mol. The first-order chi connectivity index (χ1) is 12.5. The first kappa shape index (κ1) is 17.5. The summed E-state index contributed by atoms with van der Waals surface area (Å²) >= 11 is 0. The third kappa shape index (κ3) is 4.42. The lowest BCUT2D eigenvalue weighted by Gasteiger charge is -2.10. The molecule has 0 aliphatic heterocycles. The molecule has 0 saturated heterocycles. The molecule has 0 radical (unpaired) electrons. The van der Waals surface area contributed by atoms with Crippen molar-refractivity contribution in [1.29, 1.82) is 0 Å². The molecule has 0 saturated carbocycles. The molecule has 1 amide bonds. The molecular formula is C20H19FN4O. The highest BCUT2D eigenvalue weighted by molar-refractivity contribution is 5.91. The van der Waals surface area contributed by atoms with Crippen LogP contribution in [-0.4, -0.2) is 16.1 Å². The number of carbonyl (C=O) groups excluding carboxylic acids is 1. The fourth-order valence-electron chi connectivity index (χ4n) is 2.56. The number of halogens is 1. The highest BCUT2D eigenvalue weighted by Crippen LogP contribution is 2.20. The fraction of sp³-hybridized carbons (Fsp3) is 0.150. The predicted octanol–water partition coefficient (Wildman–Crippen LogP) is 4.16. The van der Waals surface area contributed by atoms with Gasteiger partial charge < -0.3 is 10.6 Å². The standard InChI is InChI=1S/C20H19FN4O/c1-13-7-8-17(14(2)11-13)22-18-9-10-19(25-24-18)23-20(26)12-15-5-3-4-6-16(15)21/h3-11H,12H2,1-2H3,(H,22,24)(H,23,25,26). The third-order valence-electron chi connectivity index (χ3n) is 3.89. The number of carbonyl (C=O) groups is 1. The Balaban J connectivity index is 1.62. The van der Waals surface area contributed by atoms with Crippen molar-refractivity contribution in [3.8, 4) is 0 Å². The first-order valence-corrected chi connectivity index (χ1v) is 8.22. The van der Waals surface area contributed by atoms with Gasteiger partial charge in [-0.05, 0) is 49.2 Å². The van der Waals surface area contributed by atoms with Crippen molar-refractivity contribution in [3.63, 3.8) is 0 Å². The van der Waals surface area contributed by atoms with E-state index in [0.717, 1.165) is 11.3 Å². The van der Waals surface area contributed by atoms with Crippen molar-refractivity contribution >= 4 is 23.2 Å². The maximum Gasteiger partial charge on any atom is 0.230 e. The number of anilines is 3. The molecule has 26 heavy (non-hydrogen) atoms. The molecule has 0 atom stereocenters. The molecule has 2 N–H and O–H groups in total. The largest absolute Gasteiger partial charge is 0.339 e. The second kappa shape index (κ2) is 7.74. The zero-order valence-electron chi connectivity index (χ0n) is 14.6. The van der Waals surface area contributed by atoms with Crippen LogP contribution in [0.1, 0.15) is 16.7 Å². The van der Waals surface area contributed by atoms with Crippen LogP contribution in [0.15, 0.2) is 54.6 Å². The zero-order valence-corrected chi connectivity index (χ0v) is 14.6. The molecule has 6 heteroatoms. The lowest BCUT2D eigenvalue weighted by molar-refractivity contribution is -0.115. The summed E-state index contributed by atoms with van der Waals surface area (Å²) in [7, 11) is 0. The number of aryl methyl sites for hydroxylation is 2. The van der Waals surface area contributed by atoms with Crippen LogP contribution in [0.2, 0.25) is 0 Å². The van der Waals surface area contributed by atoms with Crippen LogP contribution in [0.25, 0.3) is 0 Å². The van der Waals surface area contributed by atoms with Crippen LogP contribution in [-0.2, 0) is 11.2 Å². The van der Waals surface area contributed by atoms with Crippen molar-refractivity contribution in [2.75, 3.05) is 10.6 Å². The number of hydrogen-bond donors (Lipinski definition) is 2. The molecule has 3 rings (SSSR count). The van der Waals surface area contributed by atoms with E-state index in [4.69, 9.17) is 0 Å². The van der Waals surface area contributed by atoms with E-state index in [1.54, 1.807) is 30.3 Å². The first-order valence-electron chi connectivity index (χ1n) is 8.22. The Morgan fingerprint density at radius 1 is 1.00 bits per heavy atom. The molecule has 1 aromatic heterocycles. The smallest absolute Gasteiger partial charge is 0.230 e. The molecule has 0 bridgehead atoms. The average Bonchev–Trinajstić information content (AvgIpc) is 2.61. The number of hydrogen-bond acceptors (Lipinski definition) is 4. The van der Waals surface area contributed by atoms with Crippen LogP contribution in [0.4, 0.5) is 21.7 Å². The summed E-state index contributed by atoms with van der Waals surface area (Å²) in [5.74, 6) is 0.141. The van der Waals surface area contributed by atoms with Crippen molar-refractivity contribution in [2.45, 2.75) is 20.3 Å². The Morgan fingerprint density at radius 3 is 2.42 bits per heavy atom. The maximum absolute atomic E-state index is 13.6. The molecule has 0 spiro atoms. The predicted molar refractivity (Wildman–Crippen MR) is 100.0 cm³/mol. The summed E-state index contributed by atoms with van der Waals surface area (Å²) in [5.41, 5.74) is 3.58. The second-order valence-corrected chi connectivity index (χ2v) is 6.06. The quantitative estimate of drug-likeness (QED) is 0.725. The zero-order chi connectivity index (χ0) is 18.5. The normalized spacial score (nSPS) is 10.4. The summed E-state index contributed by atoms with van der Waals surface area (Å²) in [6, 6.07) is 15.6. The molecule has 1 heterocycles. The van der Waals surface area contributed by atoms with E-state index in [0.29, 0.717) is 17.2 Å². The highest BCUT2D eigenvalue weighted by atomic mass is 19.1. The summed E-state index contributed by atoms with van der Waals surface area (Å²) in [4.78, 5) is 12.0. The summed E-state index contributed by atoms with van der Waals surface area (Å²) in [5, 5.41) is 13.9. The van der Waals surface area contributed by atoms with Gasteiger partial charge in [0, 0.05) is 5.69 Å². The van der Waals surface area contributed by atoms with Gasteiger partial charge in [-0.3, -0.25) is 4.79 Å². The van der Waals surface area contributed by atoms with Crippen molar-refractivity contribution in [2.24, 2.45) is 0 Å². The van der Waals surface area contributed by atoms with Gasteiger partial charge in [-0.25, -0.2) is 4.39 Å². The van der Waals surface area contributed by atoms with Gasteiger partial charge >= 0.3 is 0 Å². The Kier molecular flexibility index (Phi) is 5.22. The van der Waals surface area contributed by atoms with Gasteiger partial charge in [0.15, 0.2) is 11.6 Å². The Labute approximate surface area is 151 Å². The lowest BCUT2D eigenvalue weighted by atomic mass is 10.1. The molecule has 0 aliphatic carbocycles. The highest BCUT2D eigenvalue weighted by Gasteiger charge is 2.09. The van der Waals surface area contributed by atoms with Crippen LogP contribution in [0.5, 0.6) is 0 Å². The van der Waals surface area contributed by atoms with Gasteiger partial charge in [0.25, 0.3) is 0 Å². The van der Waals surface area contributed by atoms with Gasteiger partial charge in [-0.2, -0.15) is 0 Å². The van der Waals surface area contributed by atoms with Crippen molar-refractivity contribution < 1.29 is 9.18 Å². The second-order valence-electron chi connectivity index (χ2n) is 6.06. The van der Waals surface area contributed by atoms with E-state index >= 15 is 0 Å². The molecule has 5 nitrogen and oxygen atoms in total. The van der Waals surface area contributed by atoms with Crippen LogP contribution < -0.4 is 10.6 Å². The maximum atomic E-state index is 13.6. The number of nitrogens with zero attached hydrogens (tertiary/aromatic N) is 2. The van der Waals surface area contributed by atoms with Crippen molar-refractivity contribution in [3.05, 3.63) is 77.1 Å². The van der Waals surface area contributed by atoms with E-state index in [9.17, 15) is 9.18 Å². The molecule has 0 unspecified atom stereocenters. The van der Waals surface area contributed by atoms with Gasteiger partial charge in [-0.15, -0.1) is 10.2 Å². The Bertz CT molecular complexity index is 925. The summed E-state index contributed by atoms with van der Waals surface area (Å²) in [6.45, 7) is 4.05. The van der Waals surface area contributed by atoms with Gasteiger partial charge in [-0.1, -0.05) is 35.9 Å². The summed E-state index contributed by atoms with van der Waals surface area (Å²) < 4.78 is 13.6. The summed E-state index contributed by atoms with van der Waals surface area (Å²) in [6.07, 6.45) is -0.0586. The molecule has 0 fully saturated rings. The molecule has 132 valence electrons. The lowest BCUT2D eigenvalue weighted by Crippen LogP contribution is -2.16. The van der Waals surface area contributed by atoms with Crippen LogP contribution in [0, 0.1) is 19.7 Å². The van der Waals surface area contributed by atoms with Crippen LogP contribution in [0.3, 0.4) is 0 Å². The Morgan fingerprint density at radius 2 is 1.73 bits per heavy atom. The SMILES string of the molecule is Cc1ccc(Nc2ccc(NC(=O)Cc3ccccc3F)nn2)c(C)c1. The minimum Gasteiger partial charge on any atom is -0.339 e. The third-order valence-corrected chi connectivity index (χ3v) is 3.89. The minimum absolute atomic E-state index is 0.0586. The van der Waals surface area contributed by atoms with E-state index in [-0.39, 0.29) is 12.3 Å².